The van der Waals surface area contributed by atoms with Gasteiger partial charge in [-0.05, 0) is 19.1 Å². The molecule has 80 valence electrons. The Morgan fingerprint density at radius 1 is 1.60 bits per heavy atom. The van der Waals surface area contributed by atoms with Gasteiger partial charge in [0.25, 0.3) is 0 Å². The maximum Gasteiger partial charge on any atom is 0.344 e. The van der Waals surface area contributed by atoms with Crippen molar-refractivity contribution in [1.82, 2.24) is 0 Å². The van der Waals surface area contributed by atoms with Crippen LogP contribution in [0.25, 0.3) is 0 Å². The molecule has 0 bridgehead atoms. The van der Waals surface area contributed by atoms with Crippen molar-refractivity contribution in [3.63, 3.8) is 0 Å². The van der Waals surface area contributed by atoms with Crippen LogP contribution in [0.2, 0.25) is 5.02 Å². The minimum Gasteiger partial charge on any atom is -0.479 e. The van der Waals surface area contributed by atoms with Crippen molar-refractivity contribution in [3.8, 4) is 5.75 Å². The summed E-state index contributed by atoms with van der Waals surface area (Å²) in [5.41, 5.74) is 0.160. The van der Waals surface area contributed by atoms with E-state index >= 15 is 0 Å². The molecule has 1 unspecified atom stereocenters. The second kappa shape index (κ2) is 4.79. The Morgan fingerprint density at radius 2 is 2.27 bits per heavy atom. The summed E-state index contributed by atoms with van der Waals surface area (Å²) in [4.78, 5) is 21.2. The number of rotatable bonds is 4. The Labute approximate surface area is 91.4 Å². The number of carbonyl (C=O) groups is 2. The molecule has 0 fully saturated rings. The van der Waals surface area contributed by atoms with Gasteiger partial charge in [0.15, 0.2) is 12.4 Å². The van der Waals surface area contributed by atoms with Crippen LogP contribution in [0.15, 0.2) is 18.2 Å². The fraction of sp³-hybridized carbons (Fsp3) is 0.200. The molecule has 0 aromatic heterocycles. The maximum absolute atomic E-state index is 10.7. The molecule has 0 aliphatic rings. The SMILES string of the molecule is CC(Oc1cccc(Cl)c1C=O)C(=O)O. The van der Waals surface area contributed by atoms with E-state index in [1.165, 1.54) is 19.1 Å². The first-order valence-electron chi connectivity index (χ1n) is 4.19. The first-order valence-corrected chi connectivity index (χ1v) is 4.57. The Bertz CT molecular complexity index is 389. The number of hydrogen-bond acceptors (Lipinski definition) is 3. The lowest BCUT2D eigenvalue weighted by atomic mass is 10.2. The van der Waals surface area contributed by atoms with E-state index in [0.29, 0.717) is 6.29 Å². The minimum atomic E-state index is -1.10. The summed E-state index contributed by atoms with van der Waals surface area (Å²) in [7, 11) is 0. The monoisotopic (exact) mass is 228 g/mol. The fourth-order valence-corrected chi connectivity index (χ4v) is 1.19. The highest BCUT2D eigenvalue weighted by Crippen LogP contribution is 2.25. The molecular weight excluding hydrogens is 220 g/mol. The molecule has 0 aliphatic carbocycles. The zero-order valence-electron chi connectivity index (χ0n) is 7.94. The average Bonchev–Trinajstić information content (AvgIpc) is 2.18. The lowest BCUT2D eigenvalue weighted by Gasteiger charge is -2.12. The molecule has 15 heavy (non-hydrogen) atoms. The Kier molecular flexibility index (Phi) is 3.68. The zero-order valence-corrected chi connectivity index (χ0v) is 8.69. The number of ether oxygens (including phenoxy) is 1. The largest absolute Gasteiger partial charge is 0.479 e. The van der Waals surface area contributed by atoms with Crippen molar-refractivity contribution < 1.29 is 19.4 Å². The summed E-state index contributed by atoms with van der Waals surface area (Å²) in [6.45, 7) is 1.37. The Morgan fingerprint density at radius 3 is 2.80 bits per heavy atom. The molecule has 0 heterocycles. The number of halogens is 1. The predicted molar refractivity (Wildman–Crippen MR) is 54.6 cm³/mol. The Balaban J connectivity index is 2.99. The van der Waals surface area contributed by atoms with Crippen molar-refractivity contribution in [2.24, 2.45) is 0 Å². The van der Waals surface area contributed by atoms with Crippen molar-refractivity contribution in [1.29, 1.82) is 0 Å². The number of benzene rings is 1. The third kappa shape index (κ3) is 2.70. The number of aldehydes is 1. The summed E-state index contributed by atoms with van der Waals surface area (Å²) in [5.74, 6) is -0.931. The molecule has 0 radical (unpaired) electrons. The lowest BCUT2D eigenvalue weighted by Crippen LogP contribution is -2.23. The van der Waals surface area contributed by atoms with Crippen LogP contribution in [0.1, 0.15) is 17.3 Å². The average molecular weight is 229 g/mol. The molecule has 0 saturated heterocycles. The molecule has 0 amide bonds. The molecule has 1 atom stereocenters. The predicted octanol–water partition coefficient (Wildman–Crippen LogP) is 2.00. The molecule has 1 rings (SSSR count). The van der Waals surface area contributed by atoms with Crippen LogP contribution in [0.3, 0.4) is 0 Å². The van der Waals surface area contributed by atoms with Crippen LogP contribution in [0, 0.1) is 0 Å². The summed E-state index contributed by atoms with van der Waals surface area (Å²) < 4.78 is 5.06. The molecule has 4 nitrogen and oxygen atoms in total. The molecule has 0 spiro atoms. The van der Waals surface area contributed by atoms with E-state index in [1.54, 1.807) is 6.07 Å². The van der Waals surface area contributed by atoms with E-state index in [-0.39, 0.29) is 16.3 Å². The number of hydrogen-bond donors (Lipinski definition) is 1. The molecule has 0 saturated carbocycles. The van der Waals surface area contributed by atoms with E-state index in [9.17, 15) is 9.59 Å². The van der Waals surface area contributed by atoms with Crippen molar-refractivity contribution in [2.45, 2.75) is 13.0 Å². The van der Waals surface area contributed by atoms with Crippen LogP contribution in [-0.2, 0) is 4.79 Å². The van der Waals surface area contributed by atoms with E-state index in [4.69, 9.17) is 21.4 Å². The smallest absolute Gasteiger partial charge is 0.344 e. The number of carbonyl (C=O) groups excluding carboxylic acids is 1. The topological polar surface area (TPSA) is 63.6 Å². The highest BCUT2D eigenvalue weighted by molar-refractivity contribution is 6.33. The van der Waals surface area contributed by atoms with Gasteiger partial charge in [-0.3, -0.25) is 4.79 Å². The highest BCUT2D eigenvalue weighted by Gasteiger charge is 2.15. The van der Waals surface area contributed by atoms with Gasteiger partial charge in [0.1, 0.15) is 5.75 Å². The van der Waals surface area contributed by atoms with Gasteiger partial charge in [0.2, 0.25) is 0 Å². The van der Waals surface area contributed by atoms with Crippen LogP contribution in [-0.4, -0.2) is 23.5 Å². The van der Waals surface area contributed by atoms with Gasteiger partial charge in [-0.15, -0.1) is 0 Å². The van der Waals surface area contributed by atoms with Crippen LogP contribution in [0.5, 0.6) is 5.75 Å². The van der Waals surface area contributed by atoms with E-state index < -0.39 is 12.1 Å². The first kappa shape index (κ1) is 11.5. The van der Waals surface area contributed by atoms with Gasteiger partial charge < -0.3 is 9.84 Å². The lowest BCUT2D eigenvalue weighted by molar-refractivity contribution is -0.144. The molecular formula is C10H9ClO4. The van der Waals surface area contributed by atoms with Crippen LogP contribution >= 0.6 is 11.6 Å². The van der Waals surface area contributed by atoms with E-state index in [2.05, 4.69) is 0 Å². The number of aliphatic carboxylic acids is 1. The number of carboxylic acid groups (broad SMARTS) is 1. The second-order valence-electron chi connectivity index (χ2n) is 2.87. The fourth-order valence-electron chi connectivity index (χ4n) is 0.975. The van der Waals surface area contributed by atoms with Gasteiger partial charge in [-0.25, -0.2) is 4.79 Å². The van der Waals surface area contributed by atoms with E-state index in [1.807, 2.05) is 0 Å². The van der Waals surface area contributed by atoms with Crippen molar-refractivity contribution in [3.05, 3.63) is 28.8 Å². The summed E-state index contributed by atoms with van der Waals surface area (Å²) in [5, 5.41) is 8.87. The summed E-state index contributed by atoms with van der Waals surface area (Å²) in [6, 6.07) is 4.61. The van der Waals surface area contributed by atoms with Crippen molar-refractivity contribution >= 4 is 23.9 Å². The molecule has 5 heteroatoms. The summed E-state index contributed by atoms with van der Waals surface area (Å²) in [6.07, 6.45) is -0.492. The van der Waals surface area contributed by atoms with Crippen molar-refractivity contribution in [2.75, 3.05) is 0 Å². The third-order valence-corrected chi connectivity index (χ3v) is 2.11. The quantitative estimate of drug-likeness (QED) is 0.801. The maximum atomic E-state index is 10.7. The zero-order chi connectivity index (χ0) is 11.4. The summed E-state index contributed by atoms with van der Waals surface area (Å²) >= 11 is 5.73. The van der Waals surface area contributed by atoms with E-state index in [0.717, 1.165) is 0 Å². The molecule has 0 aliphatic heterocycles. The first-order chi connectivity index (χ1) is 7.06. The Hall–Kier alpha value is -1.55. The standard InChI is InChI=1S/C10H9ClO4/c1-6(10(13)14)15-9-4-2-3-8(11)7(9)5-12/h2-6H,1H3,(H,13,14). The normalized spacial score (nSPS) is 11.9. The second-order valence-corrected chi connectivity index (χ2v) is 3.28. The minimum absolute atomic E-state index is 0.160. The van der Waals surface area contributed by atoms with Gasteiger partial charge in [-0.1, -0.05) is 17.7 Å². The molecule has 1 aromatic rings. The van der Waals surface area contributed by atoms with Gasteiger partial charge >= 0.3 is 5.97 Å². The third-order valence-electron chi connectivity index (χ3n) is 1.78. The van der Waals surface area contributed by atoms with Crippen LogP contribution < -0.4 is 4.74 Å². The molecule has 1 N–H and O–H groups in total. The molecule has 1 aromatic carbocycles. The van der Waals surface area contributed by atoms with Gasteiger partial charge in [0, 0.05) is 0 Å². The van der Waals surface area contributed by atoms with Crippen LogP contribution in [0.4, 0.5) is 0 Å². The van der Waals surface area contributed by atoms with Gasteiger partial charge in [0.05, 0.1) is 10.6 Å². The van der Waals surface area contributed by atoms with Gasteiger partial charge in [-0.2, -0.15) is 0 Å². The number of carboxylic acids is 1. The highest BCUT2D eigenvalue weighted by atomic mass is 35.5.